The third-order valence-electron chi connectivity index (χ3n) is 5.85. The summed E-state index contributed by atoms with van der Waals surface area (Å²) in [4.78, 5) is 7.36. The number of aromatic nitrogens is 2. The minimum Gasteiger partial charge on any atom is -0.373 e. The lowest BCUT2D eigenvalue weighted by Crippen LogP contribution is -2.48. The molecule has 2 saturated heterocycles. The summed E-state index contributed by atoms with van der Waals surface area (Å²) in [6.07, 6.45) is 6.31. The summed E-state index contributed by atoms with van der Waals surface area (Å²) < 4.78 is 14.0. The SMILES string of the molecule is CCNC(=NCC1CCCOC1c1ccccc1)N1CCOC(c2cnn(C)c2)C1.I. The van der Waals surface area contributed by atoms with Gasteiger partial charge in [0.05, 0.1) is 25.5 Å². The summed E-state index contributed by atoms with van der Waals surface area (Å²) in [5, 5.41) is 7.77. The lowest BCUT2D eigenvalue weighted by atomic mass is 9.89. The summed E-state index contributed by atoms with van der Waals surface area (Å²) in [5.41, 5.74) is 2.37. The first kappa shape index (κ1) is 24.0. The monoisotopic (exact) mass is 539 g/mol. The molecule has 170 valence electrons. The summed E-state index contributed by atoms with van der Waals surface area (Å²) in [6.45, 7) is 6.85. The molecule has 0 radical (unpaired) electrons. The molecule has 2 aliphatic rings. The highest BCUT2D eigenvalue weighted by atomic mass is 127. The van der Waals surface area contributed by atoms with Crippen LogP contribution in [0.5, 0.6) is 0 Å². The van der Waals surface area contributed by atoms with Gasteiger partial charge in [-0.25, -0.2) is 0 Å². The summed E-state index contributed by atoms with van der Waals surface area (Å²) >= 11 is 0. The zero-order valence-electron chi connectivity index (χ0n) is 18.4. The Morgan fingerprint density at radius 2 is 2.03 bits per heavy atom. The first-order valence-electron chi connectivity index (χ1n) is 11.0. The number of aliphatic imine (C=N–C) groups is 1. The molecule has 0 bridgehead atoms. The fourth-order valence-electron chi connectivity index (χ4n) is 4.32. The van der Waals surface area contributed by atoms with Crippen molar-refractivity contribution in [3.63, 3.8) is 0 Å². The molecule has 2 aliphatic heterocycles. The molecule has 1 N–H and O–H groups in total. The fraction of sp³-hybridized carbons (Fsp3) is 0.565. The predicted octanol–water partition coefficient (Wildman–Crippen LogP) is 3.54. The average Bonchev–Trinajstić information content (AvgIpc) is 3.24. The van der Waals surface area contributed by atoms with Crippen LogP contribution in [0.4, 0.5) is 0 Å². The Morgan fingerprint density at radius 3 is 2.77 bits per heavy atom. The van der Waals surface area contributed by atoms with Crippen LogP contribution in [0.25, 0.3) is 0 Å². The molecule has 4 rings (SSSR count). The molecule has 0 aliphatic carbocycles. The van der Waals surface area contributed by atoms with Gasteiger partial charge in [0, 0.05) is 51.0 Å². The topological polar surface area (TPSA) is 63.9 Å². The van der Waals surface area contributed by atoms with Crippen molar-refractivity contribution in [1.82, 2.24) is 20.0 Å². The number of hydrogen-bond donors (Lipinski definition) is 1. The third-order valence-corrected chi connectivity index (χ3v) is 5.85. The predicted molar refractivity (Wildman–Crippen MR) is 133 cm³/mol. The molecule has 8 heteroatoms. The van der Waals surface area contributed by atoms with Crippen LogP contribution < -0.4 is 5.32 Å². The minimum absolute atomic E-state index is 0. The van der Waals surface area contributed by atoms with Crippen LogP contribution in [0.2, 0.25) is 0 Å². The van der Waals surface area contributed by atoms with Gasteiger partial charge in [-0.2, -0.15) is 5.10 Å². The average molecular weight is 539 g/mol. The van der Waals surface area contributed by atoms with Gasteiger partial charge in [0.1, 0.15) is 6.10 Å². The van der Waals surface area contributed by atoms with E-state index in [1.807, 2.05) is 24.1 Å². The number of halogens is 1. The lowest BCUT2D eigenvalue weighted by Gasteiger charge is -2.35. The zero-order valence-corrected chi connectivity index (χ0v) is 20.8. The quantitative estimate of drug-likeness (QED) is 0.358. The summed E-state index contributed by atoms with van der Waals surface area (Å²) in [7, 11) is 1.94. The van der Waals surface area contributed by atoms with Crippen LogP contribution in [-0.4, -0.2) is 60.0 Å². The number of rotatable bonds is 5. The molecule has 0 spiro atoms. The van der Waals surface area contributed by atoms with E-state index in [2.05, 4.69) is 52.6 Å². The van der Waals surface area contributed by atoms with Gasteiger partial charge in [0.15, 0.2) is 5.96 Å². The van der Waals surface area contributed by atoms with Gasteiger partial charge in [-0.1, -0.05) is 30.3 Å². The molecule has 3 unspecified atom stereocenters. The molecule has 0 saturated carbocycles. The van der Waals surface area contributed by atoms with Crippen molar-refractivity contribution >= 4 is 29.9 Å². The van der Waals surface area contributed by atoms with E-state index < -0.39 is 0 Å². The molecule has 0 amide bonds. The molecule has 31 heavy (non-hydrogen) atoms. The highest BCUT2D eigenvalue weighted by molar-refractivity contribution is 14.0. The van der Waals surface area contributed by atoms with Crippen molar-refractivity contribution in [3.8, 4) is 0 Å². The van der Waals surface area contributed by atoms with Crippen LogP contribution in [0, 0.1) is 5.92 Å². The van der Waals surface area contributed by atoms with Gasteiger partial charge in [-0.05, 0) is 25.3 Å². The number of nitrogens with zero attached hydrogens (tertiary/aromatic N) is 4. The minimum atomic E-state index is 0. The normalized spacial score (nSPS) is 24.5. The summed E-state index contributed by atoms with van der Waals surface area (Å²) in [6, 6.07) is 10.6. The van der Waals surface area contributed by atoms with Crippen molar-refractivity contribution in [2.45, 2.75) is 32.0 Å². The molecule has 2 aromatic rings. The van der Waals surface area contributed by atoms with Gasteiger partial charge in [-0.3, -0.25) is 9.67 Å². The van der Waals surface area contributed by atoms with Gasteiger partial charge in [-0.15, -0.1) is 24.0 Å². The van der Waals surface area contributed by atoms with Gasteiger partial charge < -0.3 is 19.7 Å². The number of morpholine rings is 1. The van der Waals surface area contributed by atoms with E-state index in [1.54, 1.807) is 0 Å². The number of ether oxygens (including phenoxy) is 2. The molecule has 7 nitrogen and oxygen atoms in total. The van der Waals surface area contributed by atoms with E-state index in [0.717, 1.165) is 57.2 Å². The molecule has 2 fully saturated rings. The van der Waals surface area contributed by atoms with Crippen LogP contribution in [-0.2, 0) is 16.5 Å². The van der Waals surface area contributed by atoms with E-state index in [1.165, 1.54) is 5.56 Å². The maximum Gasteiger partial charge on any atom is 0.194 e. The van der Waals surface area contributed by atoms with Crippen molar-refractivity contribution in [1.29, 1.82) is 0 Å². The maximum absolute atomic E-state index is 6.16. The highest BCUT2D eigenvalue weighted by Gasteiger charge is 2.29. The molecular formula is C23H34IN5O2. The van der Waals surface area contributed by atoms with E-state index in [-0.39, 0.29) is 36.2 Å². The van der Waals surface area contributed by atoms with Crippen LogP contribution >= 0.6 is 24.0 Å². The Kier molecular flexibility index (Phi) is 9.15. The van der Waals surface area contributed by atoms with Crippen LogP contribution in [0.15, 0.2) is 47.7 Å². The lowest BCUT2D eigenvalue weighted by molar-refractivity contribution is -0.0255. The maximum atomic E-state index is 6.16. The van der Waals surface area contributed by atoms with Crippen molar-refractivity contribution < 1.29 is 9.47 Å². The smallest absolute Gasteiger partial charge is 0.194 e. The first-order valence-corrected chi connectivity index (χ1v) is 11.0. The second-order valence-corrected chi connectivity index (χ2v) is 8.05. The van der Waals surface area contributed by atoms with Crippen LogP contribution in [0.1, 0.15) is 43.1 Å². The molecule has 1 aromatic heterocycles. The van der Waals surface area contributed by atoms with E-state index >= 15 is 0 Å². The van der Waals surface area contributed by atoms with Gasteiger partial charge in [0.2, 0.25) is 0 Å². The third kappa shape index (κ3) is 6.20. The number of aryl methyl sites for hydroxylation is 1. The molecule has 1 aromatic carbocycles. The van der Waals surface area contributed by atoms with Crippen LogP contribution in [0.3, 0.4) is 0 Å². The number of nitrogens with one attached hydrogen (secondary N) is 1. The van der Waals surface area contributed by atoms with Crippen molar-refractivity contribution in [2.24, 2.45) is 18.0 Å². The van der Waals surface area contributed by atoms with E-state index in [4.69, 9.17) is 14.5 Å². The Hall–Kier alpha value is -1.65. The Bertz CT molecular complexity index is 828. The Labute approximate surface area is 202 Å². The zero-order chi connectivity index (χ0) is 20.8. The molecule has 3 atom stereocenters. The highest BCUT2D eigenvalue weighted by Crippen LogP contribution is 2.33. The van der Waals surface area contributed by atoms with Crippen molar-refractivity contribution in [2.75, 3.05) is 39.4 Å². The van der Waals surface area contributed by atoms with E-state index in [0.29, 0.717) is 12.5 Å². The standard InChI is InChI=1S/C23H33N5O2.HI/c1-3-24-23(28-11-13-29-21(17-28)20-15-26-27(2)16-20)25-14-19-10-7-12-30-22(19)18-8-5-4-6-9-18;/h4-6,8-9,15-16,19,21-22H,3,7,10-14,17H2,1-2H3,(H,24,25);1H. The second-order valence-electron chi connectivity index (χ2n) is 8.05. The molecular weight excluding hydrogens is 505 g/mol. The van der Waals surface area contributed by atoms with Gasteiger partial charge >= 0.3 is 0 Å². The number of guanidine groups is 1. The second kappa shape index (κ2) is 11.8. The Morgan fingerprint density at radius 1 is 1.19 bits per heavy atom. The molecule has 3 heterocycles. The number of benzene rings is 1. The largest absolute Gasteiger partial charge is 0.373 e. The van der Waals surface area contributed by atoms with Crippen molar-refractivity contribution in [3.05, 3.63) is 53.9 Å². The first-order chi connectivity index (χ1) is 14.7. The van der Waals surface area contributed by atoms with Gasteiger partial charge in [0.25, 0.3) is 0 Å². The van der Waals surface area contributed by atoms with E-state index in [9.17, 15) is 0 Å². The Balaban J connectivity index is 0.00000272. The number of hydrogen-bond acceptors (Lipinski definition) is 4. The summed E-state index contributed by atoms with van der Waals surface area (Å²) in [5.74, 6) is 1.36. The fourth-order valence-corrected chi connectivity index (χ4v) is 4.32.